The maximum absolute atomic E-state index is 12.2. The Kier molecular flexibility index (Phi) is 4.43. The zero-order valence-corrected chi connectivity index (χ0v) is 14.3. The Bertz CT molecular complexity index is 1050. The van der Waals surface area contributed by atoms with Gasteiger partial charge < -0.3 is 15.0 Å². The van der Waals surface area contributed by atoms with Crippen LogP contribution in [0.25, 0.3) is 16.1 Å². The number of thiophene rings is 1. The third kappa shape index (κ3) is 2.78. The van der Waals surface area contributed by atoms with E-state index in [0.717, 1.165) is 10.4 Å². The minimum absolute atomic E-state index is 0.0289. The number of nitro groups is 1. The van der Waals surface area contributed by atoms with Crippen molar-refractivity contribution in [3.63, 3.8) is 0 Å². The van der Waals surface area contributed by atoms with E-state index in [9.17, 15) is 20.2 Å². The molecule has 3 rings (SSSR count). The molecule has 8 nitrogen and oxygen atoms in total. The highest BCUT2D eigenvalue weighted by atomic mass is 32.1. The molecule has 0 saturated heterocycles. The number of anilines is 1. The normalized spacial score (nSPS) is 10.3. The Morgan fingerprint density at radius 1 is 1.42 bits per heavy atom. The molecule has 0 saturated carbocycles. The average molecular weight is 368 g/mol. The first-order valence-corrected chi connectivity index (χ1v) is 8.17. The second-order valence-corrected chi connectivity index (χ2v) is 6.16. The van der Waals surface area contributed by atoms with Crippen LogP contribution in [0.4, 0.5) is 11.4 Å². The van der Waals surface area contributed by atoms with Crippen molar-refractivity contribution in [1.82, 2.24) is 4.57 Å². The Morgan fingerprint density at radius 3 is 2.77 bits per heavy atom. The summed E-state index contributed by atoms with van der Waals surface area (Å²) in [7, 11) is 1.17. The fraction of sp³-hybridized carbons (Fsp3) is 0.0588. The third-order valence-electron chi connectivity index (χ3n) is 3.78. The number of aromatic nitrogens is 1. The van der Waals surface area contributed by atoms with Gasteiger partial charge in [0.15, 0.2) is 5.69 Å². The topological polar surface area (TPSA) is 124 Å². The summed E-state index contributed by atoms with van der Waals surface area (Å²) in [6.07, 6.45) is 1.29. The van der Waals surface area contributed by atoms with Crippen LogP contribution in [0, 0.1) is 21.4 Å². The molecule has 0 unspecified atom stereocenters. The number of rotatable bonds is 4. The second-order valence-electron chi connectivity index (χ2n) is 5.22. The van der Waals surface area contributed by atoms with Crippen LogP contribution in [0.5, 0.6) is 0 Å². The van der Waals surface area contributed by atoms with Crippen LogP contribution in [-0.4, -0.2) is 22.6 Å². The SMILES string of the molecule is COC(=O)c1c(N)c(C#N)cn1-c1cc(-c2cccs2)ccc1[N+](=O)[O-]. The molecule has 9 heteroatoms. The second kappa shape index (κ2) is 6.70. The molecule has 0 amide bonds. The summed E-state index contributed by atoms with van der Waals surface area (Å²) in [5.74, 6) is -0.792. The molecule has 0 radical (unpaired) electrons. The highest BCUT2D eigenvalue weighted by Gasteiger charge is 2.26. The van der Waals surface area contributed by atoms with Gasteiger partial charge in [0.05, 0.1) is 23.3 Å². The molecule has 130 valence electrons. The summed E-state index contributed by atoms with van der Waals surface area (Å²) < 4.78 is 5.95. The highest BCUT2D eigenvalue weighted by Crippen LogP contribution is 2.34. The molecule has 3 aromatic rings. The van der Waals surface area contributed by atoms with Crippen molar-refractivity contribution in [2.75, 3.05) is 12.8 Å². The lowest BCUT2D eigenvalue weighted by Gasteiger charge is -2.10. The fourth-order valence-electron chi connectivity index (χ4n) is 2.57. The van der Waals surface area contributed by atoms with Crippen LogP contribution in [0.3, 0.4) is 0 Å². The molecule has 26 heavy (non-hydrogen) atoms. The summed E-state index contributed by atoms with van der Waals surface area (Å²) in [5.41, 5.74) is 6.32. The minimum atomic E-state index is -0.792. The number of benzene rings is 1. The van der Waals surface area contributed by atoms with Crippen molar-refractivity contribution in [1.29, 1.82) is 5.26 Å². The summed E-state index contributed by atoms with van der Waals surface area (Å²) >= 11 is 1.47. The van der Waals surface area contributed by atoms with Crippen molar-refractivity contribution >= 4 is 28.7 Å². The number of nitrogen functional groups attached to an aromatic ring is 1. The lowest BCUT2D eigenvalue weighted by atomic mass is 10.1. The van der Waals surface area contributed by atoms with Gasteiger partial charge in [0.2, 0.25) is 0 Å². The lowest BCUT2D eigenvalue weighted by molar-refractivity contribution is -0.384. The van der Waals surface area contributed by atoms with E-state index < -0.39 is 10.9 Å². The number of hydrogen-bond donors (Lipinski definition) is 1. The van der Waals surface area contributed by atoms with E-state index in [-0.39, 0.29) is 28.3 Å². The van der Waals surface area contributed by atoms with E-state index in [0.29, 0.717) is 0 Å². The van der Waals surface area contributed by atoms with Gasteiger partial charge in [-0.2, -0.15) is 5.26 Å². The van der Waals surface area contributed by atoms with Crippen LogP contribution >= 0.6 is 11.3 Å². The Balaban J connectivity index is 2.32. The van der Waals surface area contributed by atoms with E-state index in [2.05, 4.69) is 0 Å². The molecule has 0 aliphatic rings. The first kappa shape index (κ1) is 17.2. The molecule has 2 N–H and O–H groups in total. The van der Waals surface area contributed by atoms with E-state index in [1.54, 1.807) is 12.1 Å². The molecule has 0 aliphatic heterocycles. The van der Waals surface area contributed by atoms with Gasteiger partial charge in [-0.1, -0.05) is 6.07 Å². The first-order valence-electron chi connectivity index (χ1n) is 7.29. The van der Waals surface area contributed by atoms with Crippen LogP contribution < -0.4 is 5.73 Å². The first-order chi connectivity index (χ1) is 12.5. The van der Waals surface area contributed by atoms with Gasteiger partial charge >= 0.3 is 5.97 Å². The maximum Gasteiger partial charge on any atom is 0.357 e. The van der Waals surface area contributed by atoms with E-state index in [1.165, 1.54) is 35.3 Å². The van der Waals surface area contributed by atoms with Gasteiger partial charge in [0.1, 0.15) is 11.8 Å². The molecule has 0 fully saturated rings. The van der Waals surface area contributed by atoms with Gasteiger partial charge in [-0.3, -0.25) is 10.1 Å². The zero-order valence-electron chi connectivity index (χ0n) is 13.5. The summed E-state index contributed by atoms with van der Waals surface area (Å²) in [4.78, 5) is 24.0. The fourth-order valence-corrected chi connectivity index (χ4v) is 3.30. The van der Waals surface area contributed by atoms with Crippen molar-refractivity contribution in [2.24, 2.45) is 0 Å². The summed E-state index contributed by atoms with van der Waals surface area (Å²) in [6, 6.07) is 10.2. The molecule has 2 heterocycles. The largest absolute Gasteiger partial charge is 0.464 e. The number of carbonyl (C=O) groups is 1. The van der Waals surface area contributed by atoms with Gasteiger partial charge in [-0.15, -0.1) is 11.3 Å². The lowest BCUT2D eigenvalue weighted by Crippen LogP contribution is -2.12. The number of esters is 1. The number of carbonyl (C=O) groups excluding carboxylic acids is 1. The monoisotopic (exact) mass is 368 g/mol. The van der Waals surface area contributed by atoms with Crippen LogP contribution in [0.15, 0.2) is 41.9 Å². The summed E-state index contributed by atoms with van der Waals surface area (Å²) in [6.45, 7) is 0. The molecule has 0 spiro atoms. The van der Waals surface area contributed by atoms with Gasteiger partial charge in [-0.25, -0.2) is 4.79 Å². The van der Waals surface area contributed by atoms with E-state index in [1.807, 2.05) is 23.6 Å². The molecule has 0 atom stereocenters. The molecule has 2 aromatic heterocycles. The van der Waals surface area contributed by atoms with E-state index >= 15 is 0 Å². The van der Waals surface area contributed by atoms with Crippen molar-refractivity contribution < 1.29 is 14.5 Å². The van der Waals surface area contributed by atoms with E-state index in [4.69, 9.17) is 10.5 Å². The van der Waals surface area contributed by atoms with Crippen molar-refractivity contribution in [2.45, 2.75) is 0 Å². The number of nitriles is 1. The van der Waals surface area contributed by atoms with Gasteiger partial charge in [0.25, 0.3) is 5.69 Å². The van der Waals surface area contributed by atoms with Crippen molar-refractivity contribution in [3.8, 4) is 22.2 Å². The van der Waals surface area contributed by atoms with Gasteiger partial charge in [0, 0.05) is 17.1 Å². The quantitative estimate of drug-likeness (QED) is 0.428. The Hall–Kier alpha value is -3.64. The molecular weight excluding hydrogens is 356 g/mol. The minimum Gasteiger partial charge on any atom is -0.464 e. The van der Waals surface area contributed by atoms with Gasteiger partial charge in [-0.05, 0) is 29.1 Å². The number of nitro benzene ring substituents is 1. The standard InChI is InChI=1S/C17H12N4O4S/c1-25-17(22)16-15(19)11(8-18)9-20(16)13-7-10(14-3-2-6-26-14)4-5-12(13)21(23)24/h2-7,9H,19H2,1H3. The molecule has 0 bridgehead atoms. The number of methoxy groups -OCH3 is 1. The maximum atomic E-state index is 12.2. The Morgan fingerprint density at radius 2 is 2.19 bits per heavy atom. The van der Waals surface area contributed by atoms with Crippen LogP contribution in [0.2, 0.25) is 0 Å². The zero-order chi connectivity index (χ0) is 18.8. The van der Waals surface area contributed by atoms with Crippen LogP contribution in [-0.2, 0) is 4.74 Å². The predicted octanol–water partition coefficient (Wildman–Crippen LogP) is 3.35. The third-order valence-corrected chi connectivity index (χ3v) is 4.70. The highest BCUT2D eigenvalue weighted by molar-refractivity contribution is 7.13. The molecule has 0 aliphatic carbocycles. The smallest absolute Gasteiger partial charge is 0.357 e. The number of nitrogens with zero attached hydrogens (tertiary/aromatic N) is 3. The number of hydrogen-bond acceptors (Lipinski definition) is 7. The average Bonchev–Trinajstić information content (AvgIpc) is 3.28. The van der Waals surface area contributed by atoms with Crippen LogP contribution in [0.1, 0.15) is 16.1 Å². The number of ether oxygens (including phenoxy) is 1. The Labute approximate surface area is 151 Å². The summed E-state index contributed by atoms with van der Waals surface area (Å²) in [5, 5.41) is 22.6. The van der Waals surface area contributed by atoms with Crippen molar-refractivity contribution in [3.05, 3.63) is 63.3 Å². The molecule has 1 aromatic carbocycles. The number of nitrogens with two attached hydrogens (primary N) is 1. The predicted molar refractivity (Wildman–Crippen MR) is 96.2 cm³/mol. The molecular formula is C17H12N4O4S.